The molecule has 2 atom stereocenters. The second kappa shape index (κ2) is 7.24. The molecular formula is C16H20O3. The van der Waals surface area contributed by atoms with Gasteiger partial charge in [-0.25, -0.2) is 0 Å². The van der Waals surface area contributed by atoms with Crippen LogP contribution in [0.25, 0.3) is 12.2 Å². The maximum atomic E-state index is 5.23. The van der Waals surface area contributed by atoms with E-state index in [1.54, 1.807) is 0 Å². The van der Waals surface area contributed by atoms with Gasteiger partial charge in [0.15, 0.2) is 0 Å². The predicted octanol–water partition coefficient (Wildman–Crippen LogP) is 2.77. The lowest BCUT2D eigenvalue weighted by Gasteiger charge is -1.96. The average molecular weight is 260 g/mol. The Hall–Kier alpha value is -1.42. The predicted molar refractivity (Wildman–Crippen MR) is 76.9 cm³/mol. The summed E-state index contributed by atoms with van der Waals surface area (Å²) < 4.78 is 15.1. The lowest BCUT2D eigenvalue weighted by Crippen LogP contribution is -2.06. The van der Waals surface area contributed by atoms with Crippen molar-refractivity contribution in [2.24, 2.45) is 0 Å². The highest BCUT2D eigenvalue weighted by atomic mass is 16.6. The van der Waals surface area contributed by atoms with E-state index >= 15 is 0 Å². The first-order valence-corrected chi connectivity index (χ1v) is 6.48. The van der Waals surface area contributed by atoms with Gasteiger partial charge in [0.1, 0.15) is 12.2 Å². The van der Waals surface area contributed by atoms with E-state index in [-0.39, 0.29) is 0 Å². The highest BCUT2D eigenvalue weighted by Crippen LogP contribution is 2.12. The molecule has 1 aromatic carbocycles. The molecule has 2 aliphatic rings. The molecule has 2 saturated heterocycles. The van der Waals surface area contributed by atoms with Crippen molar-refractivity contribution in [3.8, 4) is 0 Å². The van der Waals surface area contributed by atoms with Gasteiger partial charge >= 0.3 is 0 Å². The minimum atomic E-state index is 0.392. The van der Waals surface area contributed by atoms with Crippen molar-refractivity contribution >= 4 is 12.2 Å². The van der Waals surface area contributed by atoms with Crippen molar-refractivity contribution in [3.63, 3.8) is 0 Å². The SMILES string of the molecule is C(OCC1CO1)C1CO1.C=Cc1ccccc1C=C. The highest BCUT2D eigenvalue weighted by Gasteiger charge is 2.26. The Morgan fingerprint density at radius 1 is 1.00 bits per heavy atom. The Labute approximate surface area is 114 Å². The van der Waals surface area contributed by atoms with Crippen LogP contribution < -0.4 is 0 Å². The zero-order chi connectivity index (χ0) is 13.5. The quantitative estimate of drug-likeness (QED) is 0.738. The van der Waals surface area contributed by atoms with E-state index < -0.39 is 0 Å². The van der Waals surface area contributed by atoms with E-state index in [0.29, 0.717) is 12.2 Å². The van der Waals surface area contributed by atoms with Crippen molar-refractivity contribution in [3.05, 3.63) is 48.6 Å². The molecule has 0 saturated carbocycles. The third-order valence-corrected chi connectivity index (χ3v) is 2.85. The highest BCUT2D eigenvalue weighted by molar-refractivity contribution is 5.63. The monoisotopic (exact) mass is 260 g/mol. The molecule has 19 heavy (non-hydrogen) atoms. The first kappa shape index (κ1) is 14.0. The lowest BCUT2D eigenvalue weighted by molar-refractivity contribution is 0.102. The molecule has 0 N–H and O–H groups in total. The third kappa shape index (κ3) is 5.39. The van der Waals surface area contributed by atoms with Crippen LogP contribution in [0.5, 0.6) is 0 Å². The maximum absolute atomic E-state index is 5.23. The number of rotatable bonds is 6. The summed E-state index contributed by atoms with van der Waals surface area (Å²) in [5.41, 5.74) is 2.27. The molecule has 2 aliphatic heterocycles. The molecule has 0 radical (unpaired) electrons. The summed E-state index contributed by atoms with van der Waals surface area (Å²) in [6, 6.07) is 8.02. The Morgan fingerprint density at radius 2 is 1.42 bits per heavy atom. The molecule has 3 heteroatoms. The third-order valence-electron chi connectivity index (χ3n) is 2.85. The largest absolute Gasteiger partial charge is 0.376 e. The molecule has 3 nitrogen and oxygen atoms in total. The van der Waals surface area contributed by atoms with E-state index in [1.165, 1.54) is 0 Å². The summed E-state index contributed by atoms with van der Waals surface area (Å²) >= 11 is 0. The van der Waals surface area contributed by atoms with E-state index in [4.69, 9.17) is 14.2 Å². The number of hydrogen-bond acceptors (Lipinski definition) is 3. The summed E-state index contributed by atoms with van der Waals surface area (Å²) in [4.78, 5) is 0. The van der Waals surface area contributed by atoms with Crippen molar-refractivity contribution in [2.45, 2.75) is 12.2 Å². The maximum Gasteiger partial charge on any atom is 0.104 e. The Morgan fingerprint density at radius 3 is 1.74 bits per heavy atom. The average Bonchev–Trinajstić information content (AvgIpc) is 3.34. The first-order valence-electron chi connectivity index (χ1n) is 6.48. The van der Waals surface area contributed by atoms with Crippen LogP contribution in [-0.2, 0) is 14.2 Å². The van der Waals surface area contributed by atoms with Crippen LogP contribution in [0.15, 0.2) is 37.4 Å². The van der Waals surface area contributed by atoms with Crippen LogP contribution in [0.4, 0.5) is 0 Å². The first-order chi connectivity index (χ1) is 9.33. The zero-order valence-electron chi connectivity index (χ0n) is 11.1. The van der Waals surface area contributed by atoms with Crippen molar-refractivity contribution in [1.82, 2.24) is 0 Å². The fraction of sp³-hybridized carbons (Fsp3) is 0.375. The van der Waals surface area contributed by atoms with Gasteiger partial charge in [0.25, 0.3) is 0 Å². The molecular weight excluding hydrogens is 240 g/mol. The number of ether oxygens (including phenoxy) is 3. The van der Waals surface area contributed by atoms with Gasteiger partial charge in [-0.1, -0.05) is 49.6 Å². The normalized spacial score (nSPS) is 22.9. The zero-order valence-corrected chi connectivity index (χ0v) is 11.1. The van der Waals surface area contributed by atoms with E-state index in [2.05, 4.69) is 13.2 Å². The number of benzene rings is 1. The van der Waals surface area contributed by atoms with Gasteiger partial charge in [-0.2, -0.15) is 0 Å². The summed E-state index contributed by atoms with van der Waals surface area (Å²) in [5, 5.41) is 0. The van der Waals surface area contributed by atoms with Crippen LogP contribution in [0.2, 0.25) is 0 Å². The van der Waals surface area contributed by atoms with E-state index in [1.807, 2.05) is 36.4 Å². The Balaban J connectivity index is 0.000000141. The molecule has 0 bridgehead atoms. The molecule has 102 valence electrons. The smallest absolute Gasteiger partial charge is 0.104 e. The molecule has 0 aromatic heterocycles. The van der Waals surface area contributed by atoms with Crippen molar-refractivity contribution in [1.29, 1.82) is 0 Å². The molecule has 2 fully saturated rings. The summed E-state index contributed by atoms with van der Waals surface area (Å²) in [7, 11) is 0. The molecule has 1 aromatic rings. The van der Waals surface area contributed by atoms with Gasteiger partial charge in [0.2, 0.25) is 0 Å². The van der Waals surface area contributed by atoms with Gasteiger partial charge in [-0.3, -0.25) is 0 Å². The summed E-state index contributed by atoms with van der Waals surface area (Å²) in [5.74, 6) is 0. The second-order valence-electron chi connectivity index (χ2n) is 4.49. The lowest BCUT2D eigenvalue weighted by atomic mass is 10.1. The second-order valence-corrected chi connectivity index (χ2v) is 4.49. The van der Waals surface area contributed by atoms with Crippen molar-refractivity contribution < 1.29 is 14.2 Å². The molecule has 3 rings (SSSR count). The van der Waals surface area contributed by atoms with Gasteiger partial charge in [-0.05, 0) is 11.1 Å². The summed E-state index contributed by atoms with van der Waals surface area (Å²) in [6.07, 6.45) is 4.45. The van der Waals surface area contributed by atoms with Gasteiger partial charge in [-0.15, -0.1) is 0 Å². The number of hydrogen-bond donors (Lipinski definition) is 0. The molecule has 2 heterocycles. The molecule has 0 spiro atoms. The van der Waals surface area contributed by atoms with E-state index in [9.17, 15) is 0 Å². The van der Waals surface area contributed by atoms with Crippen LogP contribution >= 0.6 is 0 Å². The van der Waals surface area contributed by atoms with Gasteiger partial charge < -0.3 is 14.2 Å². The molecule has 0 aliphatic carbocycles. The fourth-order valence-corrected chi connectivity index (χ4v) is 1.54. The van der Waals surface area contributed by atoms with Gasteiger partial charge in [0.05, 0.1) is 26.4 Å². The van der Waals surface area contributed by atoms with Gasteiger partial charge in [0, 0.05) is 0 Å². The van der Waals surface area contributed by atoms with Crippen LogP contribution in [0.1, 0.15) is 11.1 Å². The minimum absolute atomic E-state index is 0.392. The van der Waals surface area contributed by atoms with Crippen LogP contribution in [-0.4, -0.2) is 38.6 Å². The molecule has 2 unspecified atom stereocenters. The van der Waals surface area contributed by atoms with Crippen LogP contribution in [0, 0.1) is 0 Å². The van der Waals surface area contributed by atoms with Crippen LogP contribution in [0.3, 0.4) is 0 Å². The Bertz CT molecular complexity index is 381. The molecule has 0 amide bonds. The van der Waals surface area contributed by atoms with Crippen molar-refractivity contribution in [2.75, 3.05) is 26.4 Å². The Kier molecular flexibility index (Phi) is 5.33. The number of epoxide rings is 2. The minimum Gasteiger partial charge on any atom is -0.376 e. The summed E-state index contributed by atoms with van der Waals surface area (Å²) in [6.45, 7) is 10.6. The standard InChI is InChI=1S/C10H10.C6H10O3/c1-3-9-7-5-6-8-10(9)4-2;1(5-3-8-5)7-2-6-4-9-6/h3-8H,1-2H2;5-6H,1-4H2. The fourth-order valence-electron chi connectivity index (χ4n) is 1.54. The topological polar surface area (TPSA) is 34.3 Å². The van der Waals surface area contributed by atoms with E-state index in [0.717, 1.165) is 37.6 Å².